The molecule has 0 saturated carbocycles. The second-order valence-electron chi connectivity index (χ2n) is 11.7. The Morgan fingerprint density at radius 2 is 1.38 bits per heavy atom. The number of rotatable bonds is 3. The fraction of sp³-hybridized carbons (Fsp3) is 0.833. The van der Waals surface area contributed by atoms with Gasteiger partial charge in [0, 0.05) is 10.8 Å². The van der Waals surface area contributed by atoms with Gasteiger partial charge in [-0.1, -0.05) is 41.5 Å². The Kier molecular flexibility index (Phi) is 12.8. The molecule has 0 aliphatic carbocycles. The predicted molar refractivity (Wildman–Crippen MR) is 128 cm³/mol. The third-order valence-electron chi connectivity index (χ3n) is 3.78. The summed E-state index contributed by atoms with van der Waals surface area (Å²) < 4.78 is 10.3. The van der Waals surface area contributed by atoms with Gasteiger partial charge in [0.1, 0.15) is 13.2 Å². The molecular weight excluding hydrogens is 412 g/mol. The summed E-state index contributed by atoms with van der Waals surface area (Å²) >= 11 is 0. The van der Waals surface area contributed by atoms with Crippen LogP contribution in [0.1, 0.15) is 83.1 Å². The molecular formula is C24H46N2O6. The first-order chi connectivity index (χ1) is 14.1. The van der Waals surface area contributed by atoms with Crippen LogP contribution in [-0.4, -0.2) is 55.2 Å². The van der Waals surface area contributed by atoms with E-state index >= 15 is 0 Å². The predicted octanol–water partition coefficient (Wildman–Crippen LogP) is 4.32. The quantitative estimate of drug-likeness (QED) is 0.481. The molecule has 8 heteroatoms. The van der Waals surface area contributed by atoms with Crippen LogP contribution >= 0.6 is 0 Å². The van der Waals surface area contributed by atoms with E-state index in [-0.39, 0.29) is 23.9 Å². The van der Waals surface area contributed by atoms with Crippen molar-refractivity contribution in [2.75, 3.05) is 26.3 Å². The minimum atomic E-state index is -0.757. The van der Waals surface area contributed by atoms with E-state index in [1.54, 1.807) is 41.5 Å². The number of carbonyl (C=O) groups excluding carboxylic acids is 2. The van der Waals surface area contributed by atoms with Crippen molar-refractivity contribution in [3.05, 3.63) is 0 Å². The lowest BCUT2D eigenvalue weighted by Gasteiger charge is -2.19. The molecule has 1 amide bonds. The average molecular weight is 459 g/mol. The first kappa shape index (κ1) is 32.1. The minimum Gasteiger partial charge on any atom is -0.481 e. The van der Waals surface area contributed by atoms with Gasteiger partial charge in [-0.05, 0) is 41.5 Å². The van der Waals surface area contributed by atoms with Crippen molar-refractivity contribution in [1.82, 2.24) is 5.32 Å². The molecule has 0 aromatic rings. The van der Waals surface area contributed by atoms with Crippen molar-refractivity contribution >= 4 is 23.7 Å². The fourth-order valence-electron chi connectivity index (χ4n) is 1.58. The Bertz CT molecular complexity index is 613. The van der Waals surface area contributed by atoms with E-state index in [2.05, 4.69) is 31.1 Å². The smallest absolute Gasteiger partial charge is 0.311 e. The van der Waals surface area contributed by atoms with Crippen LogP contribution in [0.3, 0.4) is 0 Å². The van der Waals surface area contributed by atoms with Crippen LogP contribution in [0.2, 0.25) is 0 Å². The lowest BCUT2D eigenvalue weighted by atomic mass is 9.96. The number of amides is 1. The number of hydrogen-bond acceptors (Lipinski definition) is 6. The third kappa shape index (κ3) is 15.6. The first-order valence-corrected chi connectivity index (χ1v) is 11.0. The number of nitrogens with one attached hydrogen (secondary N) is 1. The van der Waals surface area contributed by atoms with Gasteiger partial charge in [-0.3, -0.25) is 19.4 Å². The van der Waals surface area contributed by atoms with Gasteiger partial charge >= 0.3 is 11.9 Å². The number of nitrogens with zero attached hydrogens (tertiary/aromatic N) is 1. The number of aliphatic imine (C=N–C) groups is 1. The summed E-state index contributed by atoms with van der Waals surface area (Å²) in [5, 5.41) is 11.0. The maximum Gasteiger partial charge on any atom is 0.311 e. The highest BCUT2D eigenvalue weighted by Crippen LogP contribution is 2.19. The molecule has 0 unspecified atom stereocenters. The van der Waals surface area contributed by atoms with Crippen LogP contribution in [0, 0.1) is 21.7 Å². The Morgan fingerprint density at radius 3 is 1.62 bits per heavy atom. The number of esters is 1. The molecule has 0 saturated heterocycles. The zero-order chi connectivity index (χ0) is 26.0. The zero-order valence-electron chi connectivity index (χ0n) is 22.3. The molecule has 1 aliphatic rings. The van der Waals surface area contributed by atoms with Crippen LogP contribution in [-0.2, 0) is 23.9 Å². The number of carboxylic acid groups (broad SMARTS) is 1. The van der Waals surface area contributed by atoms with Crippen molar-refractivity contribution in [2.24, 2.45) is 26.7 Å². The van der Waals surface area contributed by atoms with Gasteiger partial charge in [0.25, 0.3) is 0 Å². The topological polar surface area (TPSA) is 114 Å². The lowest BCUT2D eigenvalue weighted by molar-refractivity contribution is -0.153. The van der Waals surface area contributed by atoms with Gasteiger partial charge in [-0.25, -0.2) is 0 Å². The van der Waals surface area contributed by atoms with Crippen molar-refractivity contribution in [3.63, 3.8) is 0 Å². The Labute approximate surface area is 194 Å². The molecule has 0 bridgehead atoms. The van der Waals surface area contributed by atoms with E-state index in [4.69, 9.17) is 14.6 Å². The Balaban J connectivity index is 0. The summed E-state index contributed by atoms with van der Waals surface area (Å²) in [6.45, 7) is 24.4. The van der Waals surface area contributed by atoms with Crippen LogP contribution in [0.15, 0.2) is 4.99 Å². The summed E-state index contributed by atoms with van der Waals surface area (Å²) in [6, 6.07) is 0. The van der Waals surface area contributed by atoms with Gasteiger partial charge in [-0.2, -0.15) is 0 Å². The monoisotopic (exact) mass is 458 g/mol. The Morgan fingerprint density at radius 1 is 0.906 bits per heavy atom. The summed E-state index contributed by atoms with van der Waals surface area (Å²) in [6.07, 6.45) is 0. The SMILES string of the molecule is CC(C)(C)C(=O)NCCOC(=O)C(C)(C)C.CC(C)(C)C(=O)O.CC(C)(C)C1=NCCO1. The van der Waals surface area contributed by atoms with Crippen LogP contribution in [0.4, 0.5) is 0 Å². The Hall–Kier alpha value is -2.12. The molecule has 32 heavy (non-hydrogen) atoms. The largest absolute Gasteiger partial charge is 0.481 e. The van der Waals surface area contributed by atoms with E-state index in [0.717, 1.165) is 19.0 Å². The highest BCUT2D eigenvalue weighted by atomic mass is 16.5. The standard InChI is InChI=1S/C12H23NO3.C7H13NO.C5H10O2/c1-11(2,3)9(14)13-7-8-16-10(15)12(4,5)6;1-7(2,3)6-8-4-5-9-6;1-5(2,3)4(6)7/h7-8H2,1-6H3,(H,13,14);4-5H2,1-3H3;1-3H3,(H,6,7). The fourth-order valence-corrected chi connectivity index (χ4v) is 1.58. The van der Waals surface area contributed by atoms with E-state index in [1.807, 2.05) is 20.8 Å². The van der Waals surface area contributed by atoms with E-state index < -0.39 is 22.2 Å². The highest BCUT2D eigenvalue weighted by molar-refractivity contribution is 5.82. The molecule has 0 spiro atoms. The minimum absolute atomic E-state index is 0.0423. The van der Waals surface area contributed by atoms with Crippen LogP contribution in [0.25, 0.3) is 0 Å². The maximum absolute atomic E-state index is 11.5. The van der Waals surface area contributed by atoms with Gasteiger partial charge < -0.3 is 19.9 Å². The van der Waals surface area contributed by atoms with Crippen LogP contribution < -0.4 is 5.32 Å². The van der Waals surface area contributed by atoms with Crippen LogP contribution in [0.5, 0.6) is 0 Å². The molecule has 0 aromatic heterocycles. The molecule has 8 nitrogen and oxygen atoms in total. The second kappa shape index (κ2) is 12.8. The number of ether oxygens (including phenoxy) is 2. The first-order valence-electron chi connectivity index (χ1n) is 11.0. The molecule has 1 rings (SSSR count). The van der Waals surface area contributed by atoms with Gasteiger partial charge in [0.2, 0.25) is 5.91 Å². The molecule has 1 aliphatic heterocycles. The number of carboxylic acids is 1. The zero-order valence-corrected chi connectivity index (χ0v) is 22.3. The van der Waals surface area contributed by atoms with E-state index in [0.29, 0.717) is 6.54 Å². The average Bonchev–Trinajstić information content (AvgIpc) is 3.11. The highest BCUT2D eigenvalue weighted by Gasteiger charge is 2.24. The van der Waals surface area contributed by atoms with Crippen molar-refractivity contribution in [3.8, 4) is 0 Å². The lowest BCUT2D eigenvalue weighted by Crippen LogP contribution is -2.37. The second-order valence-corrected chi connectivity index (χ2v) is 11.7. The maximum atomic E-state index is 11.5. The normalized spacial score (nSPS) is 13.9. The molecule has 0 radical (unpaired) electrons. The molecule has 0 atom stereocenters. The summed E-state index contributed by atoms with van der Waals surface area (Å²) in [4.78, 5) is 37.0. The number of hydrogen-bond donors (Lipinski definition) is 2. The third-order valence-corrected chi connectivity index (χ3v) is 3.78. The molecule has 1 heterocycles. The molecule has 0 aromatic carbocycles. The van der Waals surface area contributed by atoms with Crippen molar-refractivity contribution in [1.29, 1.82) is 0 Å². The van der Waals surface area contributed by atoms with E-state index in [1.165, 1.54) is 0 Å². The van der Waals surface area contributed by atoms with Crippen molar-refractivity contribution in [2.45, 2.75) is 83.1 Å². The molecule has 2 N–H and O–H groups in total. The van der Waals surface area contributed by atoms with Gasteiger partial charge in [0.05, 0.1) is 23.9 Å². The molecule has 0 fully saturated rings. The molecule has 188 valence electrons. The van der Waals surface area contributed by atoms with E-state index in [9.17, 15) is 14.4 Å². The van der Waals surface area contributed by atoms with Gasteiger partial charge in [-0.15, -0.1) is 0 Å². The van der Waals surface area contributed by atoms with Gasteiger partial charge in [0.15, 0.2) is 5.90 Å². The summed E-state index contributed by atoms with van der Waals surface area (Å²) in [5.41, 5.74) is -1.38. The number of carbonyl (C=O) groups is 3. The summed E-state index contributed by atoms with van der Waals surface area (Å²) in [7, 11) is 0. The van der Waals surface area contributed by atoms with Crippen molar-refractivity contribution < 1.29 is 29.0 Å². The number of aliphatic carboxylic acids is 1. The summed E-state index contributed by atoms with van der Waals surface area (Å²) in [5.74, 6) is -0.146.